The van der Waals surface area contributed by atoms with E-state index < -0.39 is 62.9 Å². The molecule has 0 aliphatic carbocycles. The molecule has 0 amide bonds. The van der Waals surface area contributed by atoms with Crippen LogP contribution in [0.25, 0.3) is 11.2 Å². The van der Waals surface area contributed by atoms with Gasteiger partial charge in [0.15, 0.2) is 11.2 Å². The van der Waals surface area contributed by atoms with E-state index in [2.05, 4.69) is 25.1 Å². The minimum Gasteiger partial charge on any atom is -0.479 e. The minimum absolute atomic E-state index is 0.00430. The Balaban J connectivity index is 1.95. The van der Waals surface area contributed by atoms with Crippen molar-refractivity contribution in [1.82, 2.24) is 29.7 Å². The van der Waals surface area contributed by atoms with Crippen molar-refractivity contribution in [3.63, 3.8) is 0 Å². The summed E-state index contributed by atoms with van der Waals surface area (Å²) in [5.74, 6) is -1.27. The van der Waals surface area contributed by atoms with Crippen LogP contribution >= 0.6 is 7.67 Å². The molecule has 258 valence electrons. The highest BCUT2D eigenvalue weighted by atomic mass is 31.2. The van der Waals surface area contributed by atoms with E-state index in [1.807, 2.05) is 27.7 Å². The first kappa shape index (κ1) is 36.9. The van der Waals surface area contributed by atoms with E-state index in [-0.39, 0.29) is 42.9 Å². The van der Waals surface area contributed by atoms with Gasteiger partial charge in [-0.05, 0) is 24.7 Å². The number of ether oxygens (including phenoxy) is 6. The van der Waals surface area contributed by atoms with Gasteiger partial charge in [0.05, 0.1) is 41.4 Å². The van der Waals surface area contributed by atoms with Gasteiger partial charge < -0.3 is 38.7 Å². The van der Waals surface area contributed by atoms with Crippen molar-refractivity contribution in [2.75, 3.05) is 40.8 Å². The first-order chi connectivity index (χ1) is 21.7. The van der Waals surface area contributed by atoms with Crippen LogP contribution < -0.4 is 20.6 Å². The molecule has 0 aromatic carbocycles. The van der Waals surface area contributed by atoms with Crippen LogP contribution in [0.15, 0.2) is 6.33 Å². The summed E-state index contributed by atoms with van der Waals surface area (Å²) in [6.07, 6.45) is -1.74. The Labute approximate surface area is 266 Å². The summed E-state index contributed by atoms with van der Waals surface area (Å²) in [5.41, 5.74) is 6.48. The number of carbonyl (C=O) groups is 3. The number of imidazole rings is 1. The predicted molar refractivity (Wildman–Crippen MR) is 162 cm³/mol. The Morgan fingerprint density at radius 3 is 2.09 bits per heavy atom. The maximum absolute atomic E-state index is 14.5. The van der Waals surface area contributed by atoms with Gasteiger partial charge in [0.25, 0.3) is 0 Å². The lowest BCUT2D eigenvalue weighted by atomic mass is 10.1. The summed E-state index contributed by atoms with van der Waals surface area (Å²) in [6, 6.07) is -2.12. The fourth-order valence-electron chi connectivity index (χ4n) is 4.91. The number of hydrogen-bond acceptors (Lipinski definition) is 15. The molecule has 19 heteroatoms. The number of rotatable bonds is 16. The summed E-state index contributed by atoms with van der Waals surface area (Å²) in [4.78, 5) is 50.1. The number of nitrogens with two attached hydrogens (primary N) is 1. The van der Waals surface area contributed by atoms with Crippen LogP contribution in [0.5, 0.6) is 5.88 Å². The van der Waals surface area contributed by atoms with Crippen LogP contribution in [0.3, 0.4) is 0 Å². The van der Waals surface area contributed by atoms with Crippen LogP contribution in [0.2, 0.25) is 0 Å². The number of fused-ring (bicyclic) bond motifs is 1. The zero-order chi connectivity index (χ0) is 34.2. The van der Waals surface area contributed by atoms with Gasteiger partial charge in [-0.3, -0.25) is 18.7 Å². The number of carbonyl (C=O) groups excluding carboxylic acids is 3. The first-order valence-electron chi connectivity index (χ1n) is 14.6. The number of esters is 2. The Bertz CT molecular complexity index is 1370. The Morgan fingerprint density at radius 2 is 1.59 bits per heavy atom. The molecule has 4 N–H and O–H groups in total. The minimum atomic E-state index is -4.26. The number of anilines is 1. The molecule has 3 rings (SSSR count). The molecule has 3 heterocycles. The molecule has 1 aliphatic rings. The molecule has 2 aromatic heterocycles. The average Bonchev–Trinajstić information content (AvgIpc) is 3.61. The van der Waals surface area contributed by atoms with E-state index in [1.165, 1.54) is 27.7 Å². The monoisotopic (exact) mass is 673 g/mol. The number of methoxy groups -OCH3 is 4. The molecular formula is C27H44N7O11P. The normalized spacial score (nSPS) is 20.7. The standard InChI is InChI=1S/C27H44N7O11P/c1-14(2)9-16(24(35)40-6)32-46(38,33-17(10-15(3)4)25(36)41-7)43-12-19-18(45-27(37)42-8)11-20(44-19)34-13-29-21-22(34)30-26(28)31-23(21)39-5/h13-20H,9-12H2,1-8H3,(H2,28,30,31)(H2,32,33,38)/t16?,17?,18-,19-,20-,46?/m1/s1. The molecule has 2 unspecified atom stereocenters. The molecule has 0 spiro atoms. The molecule has 0 bridgehead atoms. The predicted octanol–water partition coefficient (Wildman–Crippen LogP) is 2.34. The highest BCUT2D eigenvalue weighted by molar-refractivity contribution is 7.54. The van der Waals surface area contributed by atoms with E-state index in [0.29, 0.717) is 11.2 Å². The molecule has 1 aliphatic heterocycles. The molecular weight excluding hydrogens is 629 g/mol. The Kier molecular flexibility index (Phi) is 13.1. The average molecular weight is 674 g/mol. The zero-order valence-electron chi connectivity index (χ0n) is 27.3. The summed E-state index contributed by atoms with van der Waals surface area (Å²) in [5, 5.41) is 5.52. The Hall–Kier alpha value is -3.57. The third kappa shape index (κ3) is 9.48. The molecule has 18 nitrogen and oxygen atoms in total. The Morgan fingerprint density at radius 1 is 1.00 bits per heavy atom. The van der Waals surface area contributed by atoms with Gasteiger partial charge in [-0.25, -0.2) is 20.0 Å². The van der Waals surface area contributed by atoms with Gasteiger partial charge in [0.2, 0.25) is 11.8 Å². The largest absolute Gasteiger partial charge is 0.508 e. The van der Waals surface area contributed by atoms with E-state index in [9.17, 15) is 18.9 Å². The molecule has 2 aromatic rings. The quantitative estimate of drug-likeness (QED) is 0.132. The number of nitrogens with one attached hydrogen (secondary N) is 2. The molecule has 5 atom stereocenters. The summed E-state index contributed by atoms with van der Waals surface area (Å²) < 4.78 is 53.5. The van der Waals surface area contributed by atoms with Gasteiger partial charge in [-0.15, -0.1) is 0 Å². The van der Waals surface area contributed by atoms with Crippen molar-refractivity contribution in [3.05, 3.63) is 6.33 Å². The topological polar surface area (TPSA) is 227 Å². The third-order valence-electron chi connectivity index (χ3n) is 6.96. The van der Waals surface area contributed by atoms with Crippen LogP contribution in [-0.2, 0) is 42.4 Å². The van der Waals surface area contributed by atoms with Gasteiger partial charge in [-0.1, -0.05) is 27.7 Å². The zero-order valence-corrected chi connectivity index (χ0v) is 28.1. The summed E-state index contributed by atoms with van der Waals surface area (Å²) >= 11 is 0. The fraction of sp³-hybridized carbons (Fsp3) is 0.704. The smallest absolute Gasteiger partial charge is 0.479 e. The third-order valence-corrected chi connectivity index (χ3v) is 8.78. The van der Waals surface area contributed by atoms with Crippen molar-refractivity contribution >= 4 is 42.9 Å². The molecule has 1 fully saturated rings. The van der Waals surface area contributed by atoms with Crippen LogP contribution in [-0.4, -0.2) is 97.0 Å². The molecule has 0 saturated carbocycles. The molecule has 46 heavy (non-hydrogen) atoms. The maximum Gasteiger partial charge on any atom is 0.508 e. The summed E-state index contributed by atoms with van der Waals surface area (Å²) in [6.45, 7) is 7.09. The second-order valence-electron chi connectivity index (χ2n) is 11.4. The van der Waals surface area contributed by atoms with Crippen LogP contribution in [0.4, 0.5) is 10.7 Å². The highest BCUT2D eigenvalue weighted by Gasteiger charge is 2.43. The number of nitrogens with zero attached hydrogens (tertiary/aromatic N) is 4. The van der Waals surface area contributed by atoms with Gasteiger partial charge >= 0.3 is 25.8 Å². The maximum atomic E-state index is 14.5. The van der Waals surface area contributed by atoms with Gasteiger partial charge in [0, 0.05) is 6.42 Å². The van der Waals surface area contributed by atoms with Crippen molar-refractivity contribution in [2.24, 2.45) is 11.8 Å². The van der Waals surface area contributed by atoms with E-state index in [4.69, 9.17) is 38.7 Å². The number of nitrogen functional groups attached to an aromatic ring is 1. The number of aromatic nitrogens is 4. The molecule has 1 saturated heterocycles. The van der Waals surface area contributed by atoms with Gasteiger partial charge in [0.1, 0.15) is 30.5 Å². The lowest BCUT2D eigenvalue weighted by Gasteiger charge is -2.30. The van der Waals surface area contributed by atoms with E-state index >= 15 is 0 Å². The van der Waals surface area contributed by atoms with Gasteiger partial charge in [-0.2, -0.15) is 9.97 Å². The summed E-state index contributed by atoms with van der Waals surface area (Å²) in [7, 11) is 0.729. The van der Waals surface area contributed by atoms with Crippen molar-refractivity contribution in [2.45, 2.75) is 77.5 Å². The highest BCUT2D eigenvalue weighted by Crippen LogP contribution is 2.43. The molecule has 0 radical (unpaired) electrons. The van der Waals surface area contributed by atoms with Crippen molar-refractivity contribution < 1.29 is 51.9 Å². The second-order valence-corrected chi connectivity index (χ2v) is 13.3. The van der Waals surface area contributed by atoms with E-state index in [0.717, 1.165) is 7.11 Å². The SMILES string of the molecule is COC(=O)O[C@@H]1C[C@H](n2cnc3c(OC)nc(N)nc32)O[C@@H]1COP(=O)(NC(CC(C)C)C(=O)OC)NC(CC(C)C)C(=O)OC. The lowest BCUT2D eigenvalue weighted by molar-refractivity contribution is -0.143. The second kappa shape index (κ2) is 16.3. The fourth-order valence-corrected chi connectivity index (χ4v) is 6.73. The van der Waals surface area contributed by atoms with Crippen molar-refractivity contribution in [3.8, 4) is 5.88 Å². The van der Waals surface area contributed by atoms with Crippen molar-refractivity contribution in [1.29, 1.82) is 0 Å². The van der Waals surface area contributed by atoms with E-state index in [1.54, 1.807) is 4.57 Å². The van der Waals surface area contributed by atoms with Crippen LogP contribution in [0, 0.1) is 11.8 Å². The number of hydrogen-bond donors (Lipinski definition) is 3. The first-order valence-corrected chi connectivity index (χ1v) is 16.3. The lowest BCUT2D eigenvalue weighted by Crippen LogP contribution is -2.45. The van der Waals surface area contributed by atoms with Crippen LogP contribution in [0.1, 0.15) is 53.2 Å².